The van der Waals surface area contributed by atoms with Gasteiger partial charge in [0.2, 0.25) is 0 Å². The van der Waals surface area contributed by atoms with E-state index < -0.39 is 34.4 Å². The Morgan fingerprint density at radius 2 is 1.38 bits per heavy atom. The summed E-state index contributed by atoms with van der Waals surface area (Å²) in [5, 5.41) is 0. The number of benzene rings is 2. The number of halogens is 5. The lowest BCUT2D eigenvalue weighted by Crippen LogP contribution is -1.90. The quantitative estimate of drug-likeness (QED) is 0.360. The topological polar surface area (TPSA) is 46.3 Å². The van der Waals surface area contributed by atoms with E-state index in [9.17, 15) is 21.4 Å². The summed E-state index contributed by atoms with van der Waals surface area (Å²) in [5.41, 5.74) is 0.913. The molecule has 1 aliphatic heterocycles. The van der Waals surface area contributed by atoms with Gasteiger partial charge in [-0.05, 0) is 48.7 Å². The molecule has 2 aromatic carbocycles. The van der Waals surface area contributed by atoms with E-state index in [2.05, 4.69) is 13.5 Å². The van der Waals surface area contributed by atoms with E-state index in [4.69, 9.17) is 4.52 Å². The molecule has 0 aromatic heterocycles. The predicted octanol–water partition coefficient (Wildman–Crippen LogP) is 8.20. The van der Waals surface area contributed by atoms with Crippen molar-refractivity contribution in [3.05, 3.63) is 54.1 Å². The highest BCUT2D eigenvalue weighted by molar-refractivity contribution is 7.81. The molecule has 1 unspecified atom stereocenters. The summed E-state index contributed by atoms with van der Waals surface area (Å²) in [6.45, 7) is 2.72. The Balaban J connectivity index is 1.91. The lowest BCUT2D eigenvalue weighted by atomic mass is 10.1. The minimum absolute atomic E-state index is 0.0402. The molecule has 2 aromatic rings. The van der Waals surface area contributed by atoms with Crippen molar-refractivity contribution in [2.75, 3.05) is 13.3 Å². The van der Waals surface area contributed by atoms with Crippen LogP contribution in [0.3, 0.4) is 0 Å². The van der Waals surface area contributed by atoms with E-state index in [-0.39, 0.29) is 5.75 Å². The van der Waals surface area contributed by atoms with E-state index in [1.165, 1.54) is 43.7 Å². The Kier molecular flexibility index (Phi) is 4.93. The summed E-state index contributed by atoms with van der Waals surface area (Å²) in [5.74, 6) is -2.02. The third-order valence-corrected chi connectivity index (χ3v) is 10.6. The maximum absolute atomic E-state index is 14.8. The van der Waals surface area contributed by atoms with Crippen LogP contribution in [0.2, 0.25) is 0 Å². The molecule has 1 heterocycles. The molecule has 0 radical (unpaired) electrons. The predicted molar refractivity (Wildman–Crippen MR) is 95.6 cm³/mol. The maximum Gasteiger partial charge on any atom is 0.437 e. The second-order valence-corrected chi connectivity index (χ2v) is 12.6. The number of nitrogens with zero attached hydrogens (tertiary/aromatic N) is 3. The lowest BCUT2D eigenvalue weighted by Gasteiger charge is -2.21. The van der Waals surface area contributed by atoms with Gasteiger partial charge in [-0.25, -0.2) is 8.78 Å². The number of hydrogen-bond donors (Lipinski definition) is 0. The average Bonchev–Trinajstić information content (AvgIpc) is 2.46. The molecule has 3 rings (SSSR count). The fourth-order valence-corrected chi connectivity index (χ4v) is 9.68. The van der Waals surface area contributed by atoms with Gasteiger partial charge in [-0.3, -0.25) is 0 Å². The van der Waals surface area contributed by atoms with Crippen LogP contribution in [-0.4, -0.2) is 13.3 Å². The van der Waals surface area contributed by atoms with Crippen molar-refractivity contribution in [1.82, 2.24) is 0 Å². The van der Waals surface area contributed by atoms with Crippen LogP contribution < -0.4 is 4.52 Å². The molecule has 0 saturated carbocycles. The van der Waals surface area contributed by atoms with Crippen molar-refractivity contribution in [1.29, 1.82) is 0 Å². The zero-order valence-electron chi connectivity index (χ0n) is 13.5. The smallest absolute Gasteiger partial charge is 0.419 e. The van der Waals surface area contributed by atoms with E-state index in [0.717, 1.165) is 12.1 Å². The summed E-state index contributed by atoms with van der Waals surface area (Å²) in [7, 11) is -12.5. The van der Waals surface area contributed by atoms with Crippen LogP contribution in [0.1, 0.15) is 0 Å². The molecule has 1 atom stereocenters. The Labute approximate surface area is 147 Å². The molecule has 0 aliphatic carbocycles. The molecular formula is C14H13F5N3OP3. The average molecular weight is 427 g/mol. The fourth-order valence-electron chi connectivity index (χ4n) is 2.27. The first-order valence-electron chi connectivity index (χ1n) is 7.18. The summed E-state index contributed by atoms with van der Waals surface area (Å²) in [4.78, 5) is 0. The van der Waals surface area contributed by atoms with E-state index in [0.29, 0.717) is 11.1 Å². The Morgan fingerprint density at radius 1 is 0.769 bits per heavy atom. The van der Waals surface area contributed by atoms with Crippen molar-refractivity contribution in [2.24, 2.45) is 13.5 Å². The zero-order valence-corrected chi connectivity index (χ0v) is 16.2. The van der Waals surface area contributed by atoms with Crippen molar-refractivity contribution >= 4 is 22.8 Å². The van der Waals surface area contributed by atoms with Crippen LogP contribution in [0.15, 0.2) is 56.0 Å². The van der Waals surface area contributed by atoms with Gasteiger partial charge >= 0.3 is 15.6 Å². The van der Waals surface area contributed by atoms with Crippen molar-refractivity contribution < 1.29 is 25.9 Å². The highest BCUT2D eigenvalue weighted by atomic mass is 31.3. The second-order valence-electron chi connectivity index (χ2n) is 5.78. The zero-order chi connectivity index (χ0) is 19.2. The third-order valence-electron chi connectivity index (χ3n) is 3.20. The van der Waals surface area contributed by atoms with E-state index in [1.54, 1.807) is 0 Å². The molecule has 12 heteroatoms. The summed E-state index contributed by atoms with van der Waals surface area (Å²) in [6.07, 6.45) is 0. The fraction of sp³-hybridized carbons (Fsp3) is 0.143. The standard InChI is InChI=1S/C14H13F5N3OP3/c1-24(2)20-25(17,18)22-26(19,21-24)23-12-6-3-10(4-7-12)11-5-8-13(15)14(16)9-11/h3-9H,1-2H3. The van der Waals surface area contributed by atoms with Gasteiger partial charge in [-0.2, -0.15) is 9.03 Å². The third kappa shape index (κ3) is 4.46. The van der Waals surface area contributed by atoms with E-state index in [1.807, 2.05) is 0 Å². The van der Waals surface area contributed by atoms with Gasteiger partial charge in [0.1, 0.15) is 5.75 Å². The summed E-state index contributed by atoms with van der Waals surface area (Å²) >= 11 is 0. The van der Waals surface area contributed by atoms with Gasteiger partial charge in [-0.15, -0.1) is 17.1 Å². The van der Waals surface area contributed by atoms with Gasteiger partial charge in [0.25, 0.3) is 0 Å². The molecular weight excluding hydrogens is 414 g/mol. The Hall–Kier alpha value is -1.42. The Morgan fingerprint density at radius 3 is 1.96 bits per heavy atom. The van der Waals surface area contributed by atoms with Crippen LogP contribution in [0.4, 0.5) is 21.4 Å². The minimum Gasteiger partial charge on any atom is -0.419 e. The van der Waals surface area contributed by atoms with Crippen molar-refractivity contribution in [3.63, 3.8) is 0 Å². The summed E-state index contributed by atoms with van der Waals surface area (Å²) < 4.78 is 83.2. The molecule has 0 spiro atoms. The van der Waals surface area contributed by atoms with Crippen molar-refractivity contribution in [3.8, 4) is 16.9 Å². The molecule has 1 aliphatic rings. The molecule has 4 nitrogen and oxygen atoms in total. The first kappa shape index (κ1) is 19.3. The molecule has 140 valence electrons. The number of hydrogen-bond acceptors (Lipinski definition) is 4. The molecule has 0 fully saturated rings. The first-order chi connectivity index (χ1) is 12.0. The van der Waals surface area contributed by atoms with Crippen molar-refractivity contribution in [2.45, 2.75) is 0 Å². The molecule has 26 heavy (non-hydrogen) atoms. The minimum atomic E-state index is -5.11. The SMILES string of the molecule is CP1(C)=NP(F)(F)=NP(F)(Oc2ccc(-c3ccc(F)c(F)c3)cc2)=N1. The normalized spacial score (nSPS) is 23.3. The number of rotatable bonds is 3. The van der Waals surface area contributed by atoms with Gasteiger partial charge < -0.3 is 4.52 Å². The van der Waals surface area contributed by atoms with Gasteiger partial charge in [-0.1, -0.05) is 18.2 Å². The van der Waals surface area contributed by atoms with Gasteiger partial charge in [0.15, 0.2) is 11.6 Å². The van der Waals surface area contributed by atoms with Crippen LogP contribution in [0, 0.1) is 11.6 Å². The Bertz CT molecular complexity index is 1020. The van der Waals surface area contributed by atoms with E-state index >= 15 is 0 Å². The molecule has 0 saturated heterocycles. The first-order valence-corrected chi connectivity index (χ1v) is 12.7. The monoisotopic (exact) mass is 427 g/mol. The highest BCUT2D eigenvalue weighted by Crippen LogP contribution is 2.78. The van der Waals surface area contributed by atoms with Crippen LogP contribution in [0.25, 0.3) is 11.1 Å². The van der Waals surface area contributed by atoms with Gasteiger partial charge in [0.05, 0.1) is 7.21 Å². The molecule has 0 bridgehead atoms. The van der Waals surface area contributed by atoms with Crippen LogP contribution >= 0.6 is 22.8 Å². The summed E-state index contributed by atoms with van der Waals surface area (Å²) in [6, 6.07) is 8.97. The second kappa shape index (κ2) is 6.63. The molecule has 0 amide bonds. The van der Waals surface area contributed by atoms with Crippen LogP contribution in [-0.2, 0) is 0 Å². The van der Waals surface area contributed by atoms with Crippen LogP contribution in [0.5, 0.6) is 5.75 Å². The maximum atomic E-state index is 14.8. The largest absolute Gasteiger partial charge is 0.437 e. The lowest BCUT2D eigenvalue weighted by molar-refractivity contribution is 0.509. The van der Waals surface area contributed by atoms with Gasteiger partial charge in [0, 0.05) is 0 Å². The molecule has 0 N–H and O–H groups in total. The highest BCUT2D eigenvalue weighted by Gasteiger charge is 2.36.